The maximum absolute atomic E-state index is 11.9. The number of rotatable bonds is 3. The van der Waals surface area contributed by atoms with Crippen LogP contribution in [0.5, 0.6) is 0 Å². The fourth-order valence-electron chi connectivity index (χ4n) is 2.76. The molecule has 90 valence electrons. The second kappa shape index (κ2) is 5.31. The van der Waals surface area contributed by atoms with E-state index in [1.807, 2.05) is 13.0 Å². The molecule has 0 spiro atoms. The number of hydrogen-bond donors (Lipinski definition) is 0. The summed E-state index contributed by atoms with van der Waals surface area (Å²) in [7, 11) is 0. The highest BCUT2D eigenvalue weighted by Crippen LogP contribution is 2.36. The van der Waals surface area contributed by atoms with E-state index < -0.39 is 0 Å². The average molecular weight is 228 g/mol. The van der Waals surface area contributed by atoms with E-state index in [4.69, 9.17) is 0 Å². The smallest absolute Gasteiger partial charge is 0.136 e. The van der Waals surface area contributed by atoms with E-state index in [0.29, 0.717) is 11.7 Å². The molecule has 2 unspecified atom stereocenters. The summed E-state index contributed by atoms with van der Waals surface area (Å²) >= 11 is 0. The molecular formula is C16H20O. The molecule has 1 aliphatic rings. The van der Waals surface area contributed by atoms with Crippen LogP contribution in [-0.2, 0) is 4.79 Å². The maximum atomic E-state index is 11.9. The van der Waals surface area contributed by atoms with Gasteiger partial charge in [-0.25, -0.2) is 0 Å². The Hall–Kier alpha value is -1.37. The molecule has 1 nitrogen and oxygen atoms in total. The fraction of sp³-hybridized carbons (Fsp3) is 0.438. The second-order valence-corrected chi connectivity index (χ2v) is 5.21. The highest BCUT2D eigenvalue weighted by atomic mass is 16.1. The Kier molecular flexibility index (Phi) is 3.78. The van der Waals surface area contributed by atoms with Gasteiger partial charge in [0, 0.05) is 12.3 Å². The van der Waals surface area contributed by atoms with Gasteiger partial charge in [0.1, 0.15) is 5.78 Å². The molecule has 1 aromatic carbocycles. The van der Waals surface area contributed by atoms with Crippen molar-refractivity contribution in [2.45, 2.75) is 38.5 Å². The van der Waals surface area contributed by atoms with Crippen LogP contribution in [0.2, 0.25) is 0 Å². The van der Waals surface area contributed by atoms with Crippen molar-refractivity contribution in [3.63, 3.8) is 0 Å². The molecule has 0 bridgehead atoms. The lowest BCUT2D eigenvalue weighted by Gasteiger charge is -2.28. The molecule has 0 N–H and O–H groups in total. The van der Waals surface area contributed by atoms with Gasteiger partial charge in [-0.2, -0.15) is 0 Å². The SMILES string of the molecule is C=C(C)CC1CC(c2ccccc2)CCC1=O. The number of benzene rings is 1. The lowest BCUT2D eigenvalue weighted by Crippen LogP contribution is -2.24. The first kappa shape index (κ1) is 12.1. The van der Waals surface area contributed by atoms with Crippen molar-refractivity contribution in [2.24, 2.45) is 5.92 Å². The third-order valence-corrected chi connectivity index (χ3v) is 3.63. The van der Waals surface area contributed by atoms with Gasteiger partial charge in [0.25, 0.3) is 0 Å². The third kappa shape index (κ3) is 3.06. The van der Waals surface area contributed by atoms with Gasteiger partial charge in [-0.1, -0.05) is 35.9 Å². The van der Waals surface area contributed by atoms with E-state index in [1.54, 1.807) is 0 Å². The van der Waals surface area contributed by atoms with Crippen LogP contribution in [-0.4, -0.2) is 5.78 Å². The van der Waals surface area contributed by atoms with Crippen LogP contribution in [0.15, 0.2) is 42.5 Å². The maximum Gasteiger partial charge on any atom is 0.136 e. The second-order valence-electron chi connectivity index (χ2n) is 5.21. The molecule has 0 amide bonds. The van der Waals surface area contributed by atoms with Crippen molar-refractivity contribution >= 4 is 5.78 Å². The van der Waals surface area contributed by atoms with Crippen molar-refractivity contribution in [2.75, 3.05) is 0 Å². The van der Waals surface area contributed by atoms with Gasteiger partial charge in [-0.15, -0.1) is 6.58 Å². The number of carbonyl (C=O) groups excluding carboxylic acids is 1. The van der Waals surface area contributed by atoms with Crippen LogP contribution >= 0.6 is 0 Å². The molecule has 0 heterocycles. The minimum atomic E-state index is 0.200. The summed E-state index contributed by atoms with van der Waals surface area (Å²) in [5.41, 5.74) is 2.50. The van der Waals surface area contributed by atoms with Gasteiger partial charge in [0.05, 0.1) is 0 Å². The van der Waals surface area contributed by atoms with Gasteiger partial charge in [0.15, 0.2) is 0 Å². The largest absolute Gasteiger partial charge is 0.299 e. The topological polar surface area (TPSA) is 17.1 Å². The average Bonchev–Trinajstić information content (AvgIpc) is 2.32. The Morgan fingerprint density at radius 1 is 1.35 bits per heavy atom. The Morgan fingerprint density at radius 2 is 2.06 bits per heavy atom. The van der Waals surface area contributed by atoms with Crippen molar-refractivity contribution in [1.82, 2.24) is 0 Å². The quantitative estimate of drug-likeness (QED) is 0.712. The highest BCUT2D eigenvalue weighted by molar-refractivity contribution is 5.82. The molecule has 1 saturated carbocycles. The monoisotopic (exact) mass is 228 g/mol. The first-order chi connectivity index (χ1) is 8.16. The Morgan fingerprint density at radius 3 is 2.71 bits per heavy atom. The number of hydrogen-bond acceptors (Lipinski definition) is 1. The number of Topliss-reactive ketones (excluding diaryl/α,β-unsaturated/α-hetero) is 1. The van der Waals surface area contributed by atoms with E-state index in [9.17, 15) is 4.79 Å². The molecular weight excluding hydrogens is 208 g/mol. The normalized spacial score (nSPS) is 24.6. The summed E-state index contributed by atoms with van der Waals surface area (Å²) in [4.78, 5) is 11.9. The summed E-state index contributed by atoms with van der Waals surface area (Å²) < 4.78 is 0. The highest BCUT2D eigenvalue weighted by Gasteiger charge is 2.29. The zero-order valence-electron chi connectivity index (χ0n) is 10.5. The number of carbonyl (C=O) groups is 1. The third-order valence-electron chi connectivity index (χ3n) is 3.63. The minimum absolute atomic E-state index is 0.200. The molecule has 0 aliphatic heterocycles. The van der Waals surface area contributed by atoms with E-state index >= 15 is 0 Å². The van der Waals surface area contributed by atoms with Gasteiger partial charge in [-0.3, -0.25) is 4.79 Å². The lowest BCUT2D eigenvalue weighted by molar-refractivity contribution is -0.124. The molecule has 0 saturated heterocycles. The summed E-state index contributed by atoms with van der Waals surface area (Å²) in [5, 5.41) is 0. The molecule has 1 aromatic rings. The van der Waals surface area contributed by atoms with Gasteiger partial charge in [0.2, 0.25) is 0 Å². The van der Waals surface area contributed by atoms with Gasteiger partial charge in [-0.05, 0) is 37.7 Å². The molecule has 2 rings (SSSR count). The molecule has 17 heavy (non-hydrogen) atoms. The molecule has 1 heteroatoms. The Bertz CT molecular complexity index is 405. The van der Waals surface area contributed by atoms with Crippen molar-refractivity contribution < 1.29 is 4.79 Å². The summed E-state index contributed by atoms with van der Waals surface area (Å²) in [5.74, 6) is 1.19. The van der Waals surface area contributed by atoms with E-state index in [1.165, 1.54) is 5.56 Å². The van der Waals surface area contributed by atoms with Crippen LogP contribution in [0.25, 0.3) is 0 Å². The summed E-state index contributed by atoms with van der Waals surface area (Å²) in [6, 6.07) is 10.6. The standard InChI is InChI=1S/C16H20O/c1-12(2)10-15-11-14(8-9-16(15)17)13-6-4-3-5-7-13/h3-7,14-15H,1,8-11H2,2H3. The van der Waals surface area contributed by atoms with Crippen LogP contribution in [0.4, 0.5) is 0 Å². The van der Waals surface area contributed by atoms with Crippen molar-refractivity contribution in [3.8, 4) is 0 Å². The lowest BCUT2D eigenvalue weighted by atomic mass is 9.75. The van der Waals surface area contributed by atoms with Crippen LogP contribution in [0, 0.1) is 5.92 Å². The molecule has 2 atom stereocenters. The van der Waals surface area contributed by atoms with Crippen molar-refractivity contribution in [1.29, 1.82) is 0 Å². The zero-order chi connectivity index (χ0) is 12.3. The summed E-state index contributed by atoms with van der Waals surface area (Å²) in [6.45, 7) is 5.94. The predicted molar refractivity (Wildman–Crippen MR) is 71.0 cm³/mol. The van der Waals surface area contributed by atoms with Gasteiger partial charge >= 0.3 is 0 Å². The molecule has 1 fully saturated rings. The first-order valence-corrected chi connectivity index (χ1v) is 6.39. The summed E-state index contributed by atoms with van der Waals surface area (Å²) in [6.07, 6.45) is 3.60. The zero-order valence-corrected chi connectivity index (χ0v) is 10.5. The van der Waals surface area contributed by atoms with Crippen molar-refractivity contribution in [3.05, 3.63) is 48.0 Å². The minimum Gasteiger partial charge on any atom is -0.299 e. The van der Waals surface area contributed by atoms with E-state index in [0.717, 1.165) is 31.3 Å². The predicted octanol–water partition coefficient (Wildman–Crippen LogP) is 4.11. The number of allylic oxidation sites excluding steroid dienone is 1. The Balaban J connectivity index is 2.07. The van der Waals surface area contributed by atoms with E-state index in [2.05, 4.69) is 30.8 Å². The molecule has 0 aromatic heterocycles. The first-order valence-electron chi connectivity index (χ1n) is 6.39. The molecule has 0 radical (unpaired) electrons. The Labute approximate surface area is 104 Å². The van der Waals surface area contributed by atoms with Crippen LogP contribution in [0.3, 0.4) is 0 Å². The van der Waals surface area contributed by atoms with Gasteiger partial charge < -0.3 is 0 Å². The van der Waals surface area contributed by atoms with Crippen LogP contribution in [0.1, 0.15) is 44.1 Å². The van der Waals surface area contributed by atoms with Crippen LogP contribution < -0.4 is 0 Å². The molecule has 1 aliphatic carbocycles. The van der Waals surface area contributed by atoms with E-state index in [-0.39, 0.29) is 5.92 Å². The number of ketones is 1. The fourth-order valence-corrected chi connectivity index (χ4v) is 2.76.